The number of rotatable bonds is 5. The molecule has 10 heteroatoms. The van der Waals surface area contributed by atoms with E-state index in [1.807, 2.05) is 0 Å². The Balaban J connectivity index is 0.00000300. The minimum Gasteiger partial charge on any atom is -0.341 e. The van der Waals surface area contributed by atoms with Gasteiger partial charge in [-0.1, -0.05) is 12.1 Å². The van der Waals surface area contributed by atoms with Gasteiger partial charge in [0, 0.05) is 24.2 Å². The molecule has 1 aliphatic heterocycles. The Kier molecular flexibility index (Phi) is 7.24. The first-order valence-corrected chi connectivity index (χ1v) is 8.74. The largest absolute Gasteiger partial charge is 0.341 e. The summed E-state index contributed by atoms with van der Waals surface area (Å²) in [7, 11) is 0. The van der Waals surface area contributed by atoms with Crippen molar-refractivity contribution in [2.45, 2.75) is 25.9 Å². The first kappa shape index (κ1) is 22.3. The zero-order valence-corrected chi connectivity index (χ0v) is 16.3. The minimum absolute atomic E-state index is 0. The molecule has 0 saturated heterocycles. The molecule has 154 valence electrons. The van der Waals surface area contributed by atoms with E-state index in [2.05, 4.69) is 16.0 Å². The molecule has 3 N–H and O–H groups in total. The van der Waals surface area contributed by atoms with Crippen molar-refractivity contribution in [3.63, 3.8) is 0 Å². The number of carbonyl (C=O) groups excluding carboxylic acids is 2. The van der Waals surface area contributed by atoms with Gasteiger partial charge in [0.25, 0.3) is 11.6 Å². The maximum atomic E-state index is 14.6. The highest BCUT2D eigenvalue weighted by atomic mass is 35.5. The summed E-state index contributed by atoms with van der Waals surface area (Å²) in [6.07, 6.45) is 0.532. The minimum atomic E-state index is -0.969. The molecule has 0 saturated carbocycles. The molecule has 1 atom stereocenters. The number of nitro groups is 1. The molecule has 2 amide bonds. The van der Waals surface area contributed by atoms with Crippen LogP contribution in [0.3, 0.4) is 0 Å². The highest BCUT2D eigenvalue weighted by Gasteiger charge is 2.21. The van der Waals surface area contributed by atoms with E-state index in [1.165, 1.54) is 31.2 Å². The van der Waals surface area contributed by atoms with E-state index in [1.54, 1.807) is 6.07 Å². The standard InChI is InChI=1S/C19H19FN4O4.ClH/c1-11(22-19(26)12-3-2-4-14(9-12)24(27)28)18(25)23-16-6-5-13-10-21-8-7-15(13)17(16)20;/h2-6,9,11,21H,7-8,10H2,1H3,(H,22,26)(H,23,25);1H. The third kappa shape index (κ3) is 5.07. The molecule has 0 radical (unpaired) electrons. The zero-order chi connectivity index (χ0) is 20.3. The Bertz CT molecular complexity index is 954. The van der Waals surface area contributed by atoms with E-state index < -0.39 is 28.6 Å². The van der Waals surface area contributed by atoms with Crippen molar-refractivity contribution >= 4 is 35.6 Å². The van der Waals surface area contributed by atoms with Gasteiger partial charge in [-0.2, -0.15) is 0 Å². The van der Waals surface area contributed by atoms with Crippen LogP contribution in [0.1, 0.15) is 28.4 Å². The Hall–Kier alpha value is -3.04. The quantitative estimate of drug-likeness (QED) is 0.506. The number of nitrogens with one attached hydrogen (secondary N) is 3. The number of halogens is 2. The first-order chi connectivity index (χ1) is 13.4. The van der Waals surface area contributed by atoms with E-state index in [-0.39, 0.29) is 29.3 Å². The van der Waals surface area contributed by atoms with Gasteiger partial charge < -0.3 is 16.0 Å². The topological polar surface area (TPSA) is 113 Å². The summed E-state index contributed by atoms with van der Waals surface area (Å²) in [5.41, 5.74) is 1.32. The molecule has 2 aromatic carbocycles. The third-order valence-corrected chi connectivity index (χ3v) is 4.53. The van der Waals surface area contributed by atoms with Crippen LogP contribution in [0.5, 0.6) is 0 Å². The second kappa shape index (κ2) is 9.44. The average Bonchev–Trinajstić information content (AvgIpc) is 2.70. The van der Waals surface area contributed by atoms with Gasteiger partial charge in [0.1, 0.15) is 11.9 Å². The second-order valence-electron chi connectivity index (χ2n) is 6.48. The van der Waals surface area contributed by atoms with Crippen LogP contribution >= 0.6 is 12.4 Å². The van der Waals surface area contributed by atoms with Gasteiger partial charge in [0.2, 0.25) is 5.91 Å². The van der Waals surface area contributed by atoms with Crippen molar-refractivity contribution in [1.82, 2.24) is 10.6 Å². The van der Waals surface area contributed by atoms with Crippen LogP contribution in [-0.4, -0.2) is 29.3 Å². The number of fused-ring (bicyclic) bond motifs is 1. The number of hydrogen-bond acceptors (Lipinski definition) is 5. The number of hydrogen-bond donors (Lipinski definition) is 3. The van der Waals surface area contributed by atoms with Crippen LogP contribution in [0, 0.1) is 15.9 Å². The number of nitrogens with zero attached hydrogens (tertiary/aromatic N) is 1. The lowest BCUT2D eigenvalue weighted by Gasteiger charge is -2.20. The monoisotopic (exact) mass is 422 g/mol. The fourth-order valence-electron chi connectivity index (χ4n) is 2.98. The number of amides is 2. The summed E-state index contributed by atoms with van der Waals surface area (Å²) in [5.74, 6) is -1.69. The smallest absolute Gasteiger partial charge is 0.270 e. The number of anilines is 1. The van der Waals surface area contributed by atoms with Crippen molar-refractivity contribution in [3.8, 4) is 0 Å². The lowest BCUT2D eigenvalue weighted by atomic mass is 9.99. The Labute approximate surface area is 172 Å². The molecule has 0 fully saturated rings. The van der Waals surface area contributed by atoms with Gasteiger partial charge >= 0.3 is 0 Å². The maximum absolute atomic E-state index is 14.6. The van der Waals surface area contributed by atoms with Crippen LogP contribution in [0.2, 0.25) is 0 Å². The van der Waals surface area contributed by atoms with Crippen LogP contribution < -0.4 is 16.0 Å². The molecule has 8 nitrogen and oxygen atoms in total. The highest BCUT2D eigenvalue weighted by molar-refractivity contribution is 6.01. The van der Waals surface area contributed by atoms with E-state index in [9.17, 15) is 24.1 Å². The molecule has 0 bridgehead atoms. The highest BCUT2D eigenvalue weighted by Crippen LogP contribution is 2.24. The molecule has 3 rings (SSSR count). The summed E-state index contributed by atoms with van der Waals surface area (Å²) in [6.45, 7) is 2.69. The number of carbonyl (C=O) groups is 2. The van der Waals surface area contributed by atoms with E-state index in [0.29, 0.717) is 25.1 Å². The Morgan fingerprint density at radius 2 is 2.03 bits per heavy atom. The summed E-state index contributed by atoms with van der Waals surface area (Å²) in [5, 5.41) is 18.9. The first-order valence-electron chi connectivity index (χ1n) is 8.74. The Morgan fingerprint density at radius 1 is 1.28 bits per heavy atom. The summed E-state index contributed by atoms with van der Waals surface area (Å²) < 4.78 is 14.6. The van der Waals surface area contributed by atoms with E-state index >= 15 is 0 Å². The van der Waals surface area contributed by atoms with E-state index in [4.69, 9.17) is 0 Å². The lowest BCUT2D eigenvalue weighted by Crippen LogP contribution is -2.41. The molecular formula is C19H20ClFN4O4. The molecule has 29 heavy (non-hydrogen) atoms. The molecule has 0 aromatic heterocycles. The lowest BCUT2D eigenvalue weighted by molar-refractivity contribution is -0.384. The predicted octanol–water partition coefficient (Wildman–Crippen LogP) is 2.56. The molecular weight excluding hydrogens is 403 g/mol. The van der Waals surface area contributed by atoms with E-state index in [0.717, 1.165) is 11.6 Å². The SMILES string of the molecule is CC(NC(=O)c1cccc([N+](=O)[O-])c1)C(=O)Nc1ccc2c(c1F)CCNC2.Cl. The molecule has 0 aliphatic carbocycles. The fourth-order valence-corrected chi connectivity index (χ4v) is 2.98. The van der Waals surface area contributed by atoms with Gasteiger partial charge in [0.05, 0.1) is 10.6 Å². The fraction of sp³-hybridized carbons (Fsp3) is 0.263. The van der Waals surface area contributed by atoms with Crippen LogP contribution in [0.4, 0.5) is 15.8 Å². The van der Waals surface area contributed by atoms with Crippen molar-refractivity contribution in [2.24, 2.45) is 0 Å². The maximum Gasteiger partial charge on any atom is 0.270 e. The van der Waals surface area contributed by atoms with Crippen molar-refractivity contribution in [3.05, 3.63) is 69.0 Å². The molecule has 0 spiro atoms. The molecule has 1 aliphatic rings. The van der Waals surface area contributed by atoms with Crippen LogP contribution in [0.25, 0.3) is 0 Å². The predicted molar refractivity (Wildman–Crippen MR) is 108 cm³/mol. The summed E-state index contributed by atoms with van der Waals surface area (Å²) >= 11 is 0. The van der Waals surface area contributed by atoms with Gasteiger partial charge in [-0.15, -0.1) is 12.4 Å². The summed E-state index contributed by atoms with van der Waals surface area (Å²) in [6, 6.07) is 7.46. The molecule has 1 unspecified atom stereocenters. The van der Waals surface area contributed by atoms with Crippen molar-refractivity contribution < 1.29 is 18.9 Å². The molecule has 2 aromatic rings. The molecule has 1 heterocycles. The van der Waals surface area contributed by atoms with Gasteiger partial charge in [-0.05, 0) is 43.1 Å². The number of benzene rings is 2. The van der Waals surface area contributed by atoms with Crippen molar-refractivity contribution in [1.29, 1.82) is 0 Å². The second-order valence-corrected chi connectivity index (χ2v) is 6.48. The normalized spacial score (nSPS) is 13.4. The third-order valence-electron chi connectivity index (χ3n) is 4.53. The van der Waals surface area contributed by atoms with Crippen LogP contribution in [0.15, 0.2) is 36.4 Å². The number of non-ortho nitro benzene ring substituents is 1. The Morgan fingerprint density at radius 3 is 2.76 bits per heavy atom. The van der Waals surface area contributed by atoms with Gasteiger partial charge in [-0.25, -0.2) is 4.39 Å². The van der Waals surface area contributed by atoms with Crippen LogP contribution in [-0.2, 0) is 17.8 Å². The van der Waals surface area contributed by atoms with Gasteiger partial charge in [-0.3, -0.25) is 19.7 Å². The average molecular weight is 423 g/mol. The zero-order valence-electron chi connectivity index (χ0n) is 15.5. The van der Waals surface area contributed by atoms with Gasteiger partial charge in [0.15, 0.2) is 0 Å². The summed E-state index contributed by atoms with van der Waals surface area (Å²) in [4.78, 5) is 34.8. The van der Waals surface area contributed by atoms with Crippen molar-refractivity contribution in [2.75, 3.05) is 11.9 Å². The number of nitro benzene ring substituents is 1.